The summed E-state index contributed by atoms with van der Waals surface area (Å²) in [4.78, 5) is 17.1. The Morgan fingerprint density at radius 3 is 2.78 bits per heavy atom. The Kier molecular flexibility index (Phi) is 4.46. The molecule has 5 nitrogen and oxygen atoms in total. The molecule has 2 aliphatic heterocycles. The molecule has 0 radical (unpaired) electrons. The van der Waals surface area contributed by atoms with Gasteiger partial charge in [-0.25, -0.2) is 4.39 Å². The number of fused-ring (bicyclic) bond motifs is 3. The minimum absolute atomic E-state index is 0.109. The van der Waals surface area contributed by atoms with Crippen LogP contribution in [0, 0.1) is 11.7 Å². The molecule has 1 N–H and O–H groups in total. The number of hydrogen-bond acceptors (Lipinski definition) is 3. The van der Waals surface area contributed by atoms with Gasteiger partial charge in [0.2, 0.25) is 0 Å². The Hall–Kier alpha value is -3.02. The maximum atomic E-state index is 15.8. The minimum Gasteiger partial charge on any atom is -0.358 e. The molecule has 1 unspecified atom stereocenters. The number of carbonyl (C=O) groups is 1. The van der Waals surface area contributed by atoms with Gasteiger partial charge in [0.05, 0.1) is 22.6 Å². The summed E-state index contributed by atoms with van der Waals surface area (Å²) >= 11 is 0. The maximum Gasteiger partial charge on any atom is 0.254 e. The lowest BCUT2D eigenvalue weighted by atomic mass is 9.97. The number of halogens is 1. The van der Waals surface area contributed by atoms with E-state index in [2.05, 4.69) is 27.8 Å². The molecule has 3 heterocycles. The summed E-state index contributed by atoms with van der Waals surface area (Å²) in [5, 5.41) is 4.23. The van der Waals surface area contributed by atoms with Crippen molar-refractivity contribution in [3.8, 4) is 0 Å². The van der Waals surface area contributed by atoms with E-state index in [4.69, 9.17) is 0 Å². The van der Waals surface area contributed by atoms with E-state index in [1.165, 1.54) is 12.8 Å². The molecule has 6 rings (SSSR count). The topological polar surface area (TPSA) is 40.5 Å². The van der Waals surface area contributed by atoms with Crippen molar-refractivity contribution in [2.75, 3.05) is 30.4 Å². The number of hydrogen-bond donors (Lipinski definition) is 1. The van der Waals surface area contributed by atoms with Crippen molar-refractivity contribution in [3.05, 3.63) is 59.0 Å². The van der Waals surface area contributed by atoms with Crippen molar-refractivity contribution in [1.29, 1.82) is 0 Å². The predicted molar refractivity (Wildman–Crippen MR) is 126 cm³/mol. The first-order chi connectivity index (χ1) is 15.6. The highest BCUT2D eigenvalue weighted by atomic mass is 19.1. The molecule has 1 fully saturated rings. The molecular weight excluding hydrogens is 403 g/mol. The summed E-state index contributed by atoms with van der Waals surface area (Å²) < 4.78 is 17.9. The number of anilines is 2. The second-order valence-corrected chi connectivity index (χ2v) is 9.50. The number of nitrogens with zero attached hydrogens (tertiary/aromatic N) is 3. The molecule has 3 aromatic rings. The Morgan fingerprint density at radius 2 is 2.00 bits per heavy atom. The van der Waals surface area contributed by atoms with E-state index < -0.39 is 0 Å². The molecule has 0 bridgehead atoms. The van der Waals surface area contributed by atoms with Crippen molar-refractivity contribution in [1.82, 2.24) is 9.47 Å². The quantitative estimate of drug-likeness (QED) is 0.606. The zero-order valence-corrected chi connectivity index (χ0v) is 18.7. The summed E-state index contributed by atoms with van der Waals surface area (Å²) in [6.07, 6.45) is 3.94. The summed E-state index contributed by atoms with van der Waals surface area (Å²) in [7, 11) is 2.02. The van der Waals surface area contributed by atoms with Gasteiger partial charge in [-0.05, 0) is 61.4 Å². The first-order valence-corrected chi connectivity index (χ1v) is 11.8. The number of aromatic nitrogens is 1. The third kappa shape index (κ3) is 2.92. The van der Waals surface area contributed by atoms with Crippen LogP contribution < -0.4 is 10.2 Å². The lowest BCUT2D eigenvalue weighted by Gasteiger charge is -2.29. The van der Waals surface area contributed by atoms with Crippen LogP contribution in [0.25, 0.3) is 10.9 Å². The number of nitrogens with one attached hydrogen (secondary N) is 1. The Morgan fingerprint density at radius 1 is 1.19 bits per heavy atom. The zero-order valence-electron chi connectivity index (χ0n) is 18.7. The molecule has 2 aromatic carbocycles. The summed E-state index contributed by atoms with van der Waals surface area (Å²) in [6, 6.07) is 11.9. The zero-order chi connectivity index (χ0) is 22.0. The summed E-state index contributed by atoms with van der Waals surface area (Å²) in [6.45, 7) is 4.51. The van der Waals surface area contributed by atoms with Gasteiger partial charge in [-0.15, -0.1) is 0 Å². The average molecular weight is 433 g/mol. The van der Waals surface area contributed by atoms with Gasteiger partial charge in [-0.1, -0.05) is 19.1 Å². The van der Waals surface area contributed by atoms with E-state index >= 15 is 4.39 Å². The van der Waals surface area contributed by atoms with Crippen LogP contribution in [0.2, 0.25) is 0 Å². The molecule has 1 amide bonds. The van der Waals surface area contributed by atoms with Crippen molar-refractivity contribution in [2.24, 2.45) is 5.92 Å². The maximum absolute atomic E-state index is 15.8. The van der Waals surface area contributed by atoms with Crippen LogP contribution in [0.4, 0.5) is 15.8 Å². The van der Waals surface area contributed by atoms with Gasteiger partial charge in [0.25, 0.3) is 5.91 Å². The van der Waals surface area contributed by atoms with E-state index in [1.54, 1.807) is 0 Å². The number of amides is 1. The standard InChI is InChI=1S/C26H29FN4O/c1-3-11-30-12-10-17-13-22-20(14-19(17)26(30)32)28-25(29(22)2)24-23(27)18-6-4-5-7-21(18)31(24)15-16-8-9-16/h4-7,13-14,16,25,28H,3,8-12,15H2,1-2H3. The van der Waals surface area contributed by atoms with Crippen LogP contribution in [0.1, 0.15) is 54.0 Å². The molecule has 32 heavy (non-hydrogen) atoms. The van der Waals surface area contributed by atoms with Crippen molar-refractivity contribution in [3.63, 3.8) is 0 Å². The van der Waals surface area contributed by atoms with Crippen LogP contribution in [0.3, 0.4) is 0 Å². The van der Waals surface area contributed by atoms with Crippen LogP contribution in [-0.4, -0.2) is 35.5 Å². The first kappa shape index (κ1) is 19.6. The smallest absolute Gasteiger partial charge is 0.254 e. The van der Waals surface area contributed by atoms with Gasteiger partial charge < -0.3 is 19.7 Å². The SMILES string of the molecule is CCCN1CCc2cc3c(cc2C1=O)NC(c1c(F)c2ccccc2n1CC1CC1)N3C. The number of benzene rings is 2. The van der Waals surface area contributed by atoms with Gasteiger partial charge in [-0.2, -0.15) is 0 Å². The highest BCUT2D eigenvalue weighted by Gasteiger charge is 2.37. The number of para-hydroxylation sites is 1. The Balaban J connectivity index is 1.42. The molecule has 1 saturated carbocycles. The monoisotopic (exact) mass is 432 g/mol. The van der Waals surface area contributed by atoms with Gasteiger partial charge in [0.15, 0.2) is 5.82 Å². The summed E-state index contributed by atoms with van der Waals surface area (Å²) in [5.41, 5.74) is 5.47. The fraction of sp³-hybridized carbons (Fsp3) is 0.423. The second kappa shape index (κ2) is 7.26. The molecule has 6 heteroatoms. The van der Waals surface area contributed by atoms with E-state index in [9.17, 15) is 4.79 Å². The molecule has 1 atom stereocenters. The van der Waals surface area contributed by atoms with Gasteiger partial charge in [0.1, 0.15) is 6.17 Å². The Labute approximate surface area is 187 Å². The fourth-order valence-corrected chi connectivity index (χ4v) is 5.39. The van der Waals surface area contributed by atoms with Gasteiger partial charge in [0, 0.05) is 37.6 Å². The van der Waals surface area contributed by atoms with Gasteiger partial charge in [-0.3, -0.25) is 4.79 Å². The fourth-order valence-electron chi connectivity index (χ4n) is 5.39. The van der Waals surface area contributed by atoms with Crippen LogP contribution >= 0.6 is 0 Å². The van der Waals surface area contributed by atoms with E-state index in [-0.39, 0.29) is 17.9 Å². The highest BCUT2D eigenvalue weighted by molar-refractivity contribution is 5.99. The molecular formula is C26H29FN4O. The van der Waals surface area contributed by atoms with Crippen LogP contribution in [-0.2, 0) is 13.0 Å². The lowest BCUT2D eigenvalue weighted by Crippen LogP contribution is -2.38. The minimum atomic E-state index is -0.304. The first-order valence-electron chi connectivity index (χ1n) is 11.8. The molecule has 1 aromatic heterocycles. The van der Waals surface area contributed by atoms with Crippen molar-refractivity contribution >= 4 is 28.2 Å². The van der Waals surface area contributed by atoms with Crippen LogP contribution in [0.15, 0.2) is 36.4 Å². The molecule has 0 saturated heterocycles. The Bertz CT molecular complexity index is 1230. The van der Waals surface area contributed by atoms with Crippen molar-refractivity contribution in [2.45, 2.75) is 45.3 Å². The van der Waals surface area contributed by atoms with Crippen molar-refractivity contribution < 1.29 is 9.18 Å². The van der Waals surface area contributed by atoms with Crippen LogP contribution in [0.5, 0.6) is 0 Å². The largest absolute Gasteiger partial charge is 0.358 e. The molecule has 3 aliphatic rings. The number of rotatable bonds is 5. The predicted octanol–water partition coefficient (Wildman–Crippen LogP) is 5.16. The molecule has 0 spiro atoms. The molecule has 166 valence electrons. The second-order valence-electron chi connectivity index (χ2n) is 9.50. The number of carbonyl (C=O) groups excluding carboxylic acids is 1. The molecule has 1 aliphatic carbocycles. The lowest BCUT2D eigenvalue weighted by molar-refractivity contribution is 0.0740. The van der Waals surface area contributed by atoms with E-state index in [1.807, 2.05) is 42.3 Å². The third-order valence-corrected chi connectivity index (χ3v) is 7.29. The third-order valence-electron chi connectivity index (χ3n) is 7.29. The van der Waals surface area contributed by atoms with E-state index in [0.29, 0.717) is 17.0 Å². The normalized spacial score (nSPS) is 20.0. The average Bonchev–Trinajstić information content (AvgIpc) is 3.52. The summed E-state index contributed by atoms with van der Waals surface area (Å²) in [5.74, 6) is 0.596. The van der Waals surface area contributed by atoms with Gasteiger partial charge >= 0.3 is 0 Å². The highest BCUT2D eigenvalue weighted by Crippen LogP contribution is 2.45. The van der Waals surface area contributed by atoms with E-state index in [0.717, 1.165) is 60.5 Å².